The third-order valence-corrected chi connectivity index (χ3v) is 3.24. The lowest BCUT2D eigenvalue weighted by Crippen LogP contribution is -2.28. The van der Waals surface area contributed by atoms with Gasteiger partial charge in [-0.05, 0) is 37.1 Å². The number of alkyl halides is 3. The van der Waals surface area contributed by atoms with E-state index >= 15 is 0 Å². The molecule has 0 aliphatic carbocycles. The van der Waals surface area contributed by atoms with Crippen LogP contribution in [0.15, 0.2) is 18.2 Å². The van der Waals surface area contributed by atoms with Gasteiger partial charge in [-0.2, -0.15) is 13.2 Å². The maximum Gasteiger partial charge on any atom is 0.416 e. The lowest BCUT2D eigenvalue weighted by atomic mass is 9.93. The Balaban J connectivity index is 2.38. The molecule has 1 nitrogen and oxygen atoms in total. The average Bonchev–Trinajstić information content (AvgIpc) is 2.29. The quantitative estimate of drug-likeness (QED) is 0.802. The molecule has 1 heterocycles. The first kappa shape index (κ1) is 12.7. The first-order valence-electron chi connectivity index (χ1n) is 5.58. The molecular formula is C12H13ClF3N. The van der Waals surface area contributed by atoms with Gasteiger partial charge >= 0.3 is 6.18 Å². The van der Waals surface area contributed by atoms with Gasteiger partial charge in [0, 0.05) is 11.1 Å². The van der Waals surface area contributed by atoms with Gasteiger partial charge in [0.15, 0.2) is 0 Å². The molecule has 0 amide bonds. The normalized spacial score (nSPS) is 21.5. The van der Waals surface area contributed by atoms with Crippen LogP contribution in [0.3, 0.4) is 0 Å². The van der Waals surface area contributed by atoms with Gasteiger partial charge in [-0.3, -0.25) is 0 Å². The van der Waals surface area contributed by atoms with Crippen LogP contribution in [0, 0.1) is 0 Å². The van der Waals surface area contributed by atoms with Crippen molar-refractivity contribution in [2.75, 3.05) is 6.54 Å². The van der Waals surface area contributed by atoms with Gasteiger partial charge in [0.25, 0.3) is 0 Å². The van der Waals surface area contributed by atoms with Crippen molar-refractivity contribution in [1.82, 2.24) is 5.32 Å². The molecule has 0 aromatic heterocycles. The summed E-state index contributed by atoms with van der Waals surface area (Å²) in [6.45, 7) is 0.768. The Hall–Kier alpha value is -0.740. The predicted octanol–water partition coefficient (Wildman–Crippen LogP) is 4.17. The first-order chi connectivity index (χ1) is 7.98. The van der Waals surface area contributed by atoms with Crippen molar-refractivity contribution in [2.45, 2.75) is 31.5 Å². The second kappa shape index (κ2) is 4.86. The topological polar surface area (TPSA) is 12.0 Å². The highest BCUT2D eigenvalue weighted by Crippen LogP contribution is 2.38. The van der Waals surface area contributed by atoms with Crippen LogP contribution in [-0.2, 0) is 6.18 Å². The summed E-state index contributed by atoms with van der Waals surface area (Å²) in [7, 11) is 0. The van der Waals surface area contributed by atoms with Crippen LogP contribution >= 0.6 is 11.6 Å². The van der Waals surface area contributed by atoms with E-state index in [4.69, 9.17) is 11.6 Å². The van der Waals surface area contributed by atoms with Crippen LogP contribution in [-0.4, -0.2) is 6.54 Å². The molecule has 1 aliphatic rings. The zero-order valence-corrected chi connectivity index (χ0v) is 9.91. The molecule has 1 N–H and O–H groups in total. The van der Waals surface area contributed by atoms with Crippen molar-refractivity contribution in [3.63, 3.8) is 0 Å². The molecule has 1 aliphatic heterocycles. The molecule has 1 atom stereocenters. The molecule has 0 radical (unpaired) electrons. The van der Waals surface area contributed by atoms with Crippen molar-refractivity contribution >= 4 is 11.6 Å². The van der Waals surface area contributed by atoms with Gasteiger partial charge in [0.2, 0.25) is 0 Å². The highest BCUT2D eigenvalue weighted by atomic mass is 35.5. The van der Waals surface area contributed by atoms with E-state index in [-0.39, 0.29) is 11.1 Å². The molecule has 0 saturated carbocycles. The fourth-order valence-electron chi connectivity index (χ4n) is 2.20. The molecule has 1 aromatic carbocycles. The van der Waals surface area contributed by atoms with Crippen molar-refractivity contribution < 1.29 is 13.2 Å². The second-order valence-corrected chi connectivity index (χ2v) is 4.67. The summed E-state index contributed by atoms with van der Waals surface area (Å²) in [4.78, 5) is 0. The van der Waals surface area contributed by atoms with Crippen LogP contribution in [0.1, 0.15) is 36.4 Å². The molecular weight excluding hydrogens is 251 g/mol. The van der Waals surface area contributed by atoms with Crippen LogP contribution < -0.4 is 5.32 Å². The molecule has 0 bridgehead atoms. The summed E-state index contributed by atoms with van der Waals surface area (Å²) >= 11 is 5.64. The van der Waals surface area contributed by atoms with Gasteiger partial charge in [0.05, 0.1) is 5.56 Å². The average molecular weight is 264 g/mol. The Morgan fingerprint density at radius 1 is 1.24 bits per heavy atom. The molecule has 1 saturated heterocycles. The Kier molecular flexibility index (Phi) is 3.64. The van der Waals surface area contributed by atoms with Gasteiger partial charge < -0.3 is 5.32 Å². The summed E-state index contributed by atoms with van der Waals surface area (Å²) in [5.74, 6) is 0. The minimum Gasteiger partial charge on any atom is -0.310 e. The van der Waals surface area contributed by atoms with E-state index in [9.17, 15) is 13.2 Å². The maximum absolute atomic E-state index is 12.9. The maximum atomic E-state index is 12.9. The zero-order valence-electron chi connectivity index (χ0n) is 9.15. The van der Waals surface area contributed by atoms with Crippen molar-refractivity contribution in [3.05, 3.63) is 34.3 Å². The van der Waals surface area contributed by atoms with Gasteiger partial charge in [0.1, 0.15) is 0 Å². The Bertz CT molecular complexity index is 397. The van der Waals surface area contributed by atoms with E-state index in [1.165, 1.54) is 12.1 Å². The van der Waals surface area contributed by atoms with Crippen LogP contribution in [0.25, 0.3) is 0 Å². The standard InChI is InChI=1S/C12H13ClF3N/c13-8-4-5-9(10(7-8)12(14,15)16)11-3-1-2-6-17-11/h4-5,7,11,17H,1-3,6H2. The number of rotatable bonds is 1. The molecule has 1 unspecified atom stereocenters. The number of piperidine rings is 1. The monoisotopic (exact) mass is 263 g/mol. The van der Waals surface area contributed by atoms with Crippen LogP contribution in [0.5, 0.6) is 0 Å². The van der Waals surface area contributed by atoms with Crippen molar-refractivity contribution in [3.8, 4) is 0 Å². The highest BCUT2D eigenvalue weighted by molar-refractivity contribution is 6.30. The molecule has 5 heteroatoms. The number of nitrogens with one attached hydrogen (secondary N) is 1. The lowest BCUT2D eigenvalue weighted by Gasteiger charge is -2.26. The van der Waals surface area contributed by atoms with Crippen LogP contribution in [0.2, 0.25) is 5.02 Å². The summed E-state index contributed by atoms with van der Waals surface area (Å²) < 4.78 is 38.7. The van der Waals surface area contributed by atoms with E-state index in [1.54, 1.807) is 0 Å². The minimum absolute atomic E-state index is 0.122. The molecule has 0 spiro atoms. The summed E-state index contributed by atoms with van der Waals surface area (Å²) in [6, 6.07) is 3.79. The highest BCUT2D eigenvalue weighted by Gasteiger charge is 2.35. The lowest BCUT2D eigenvalue weighted by molar-refractivity contribution is -0.138. The number of halogens is 4. The Morgan fingerprint density at radius 3 is 2.59 bits per heavy atom. The van der Waals surface area contributed by atoms with Gasteiger partial charge in [-0.1, -0.05) is 24.1 Å². The van der Waals surface area contributed by atoms with E-state index in [2.05, 4.69) is 5.32 Å². The molecule has 17 heavy (non-hydrogen) atoms. The smallest absolute Gasteiger partial charge is 0.310 e. The summed E-state index contributed by atoms with van der Waals surface area (Å²) in [6.07, 6.45) is -1.63. The van der Waals surface area contributed by atoms with Crippen LogP contribution in [0.4, 0.5) is 13.2 Å². The fraction of sp³-hybridized carbons (Fsp3) is 0.500. The van der Waals surface area contributed by atoms with E-state index in [0.29, 0.717) is 5.56 Å². The van der Waals surface area contributed by atoms with Crippen molar-refractivity contribution in [2.24, 2.45) is 0 Å². The van der Waals surface area contributed by atoms with E-state index in [0.717, 1.165) is 31.9 Å². The summed E-state index contributed by atoms with van der Waals surface area (Å²) in [5.41, 5.74) is -0.314. The molecule has 1 fully saturated rings. The van der Waals surface area contributed by atoms with Gasteiger partial charge in [-0.25, -0.2) is 0 Å². The summed E-state index contributed by atoms with van der Waals surface area (Å²) in [5, 5.41) is 3.25. The Morgan fingerprint density at radius 2 is 2.00 bits per heavy atom. The first-order valence-corrected chi connectivity index (χ1v) is 5.96. The molecule has 1 aromatic rings. The Labute approximate surface area is 103 Å². The number of hydrogen-bond donors (Lipinski definition) is 1. The second-order valence-electron chi connectivity index (χ2n) is 4.23. The van der Waals surface area contributed by atoms with E-state index < -0.39 is 11.7 Å². The van der Waals surface area contributed by atoms with Gasteiger partial charge in [-0.15, -0.1) is 0 Å². The largest absolute Gasteiger partial charge is 0.416 e. The minimum atomic E-state index is -4.35. The number of hydrogen-bond acceptors (Lipinski definition) is 1. The number of benzene rings is 1. The third-order valence-electron chi connectivity index (χ3n) is 3.01. The van der Waals surface area contributed by atoms with Crippen molar-refractivity contribution in [1.29, 1.82) is 0 Å². The predicted molar refractivity (Wildman–Crippen MR) is 61.0 cm³/mol. The zero-order chi connectivity index (χ0) is 12.5. The molecule has 2 rings (SSSR count). The van der Waals surface area contributed by atoms with E-state index in [1.807, 2.05) is 0 Å². The fourth-order valence-corrected chi connectivity index (χ4v) is 2.37. The third kappa shape index (κ3) is 2.93. The molecule has 94 valence electrons. The SMILES string of the molecule is FC(F)(F)c1cc(Cl)ccc1C1CCCCN1.